The Morgan fingerprint density at radius 1 is 1.37 bits per heavy atom. The van der Waals surface area contributed by atoms with E-state index in [1.165, 1.54) is 6.92 Å². The van der Waals surface area contributed by atoms with Crippen LogP contribution >= 0.6 is 0 Å². The van der Waals surface area contributed by atoms with Crippen molar-refractivity contribution in [2.75, 3.05) is 18.9 Å². The molecule has 7 nitrogen and oxygen atoms in total. The van der Waals surface area contributed by atoms with Gasteiger partial charge in [-0.2, -0.15) is 4.31 Å². The van der Waals surface area contributed by atoms with E-state index in [2.05, 4.69) is 4.74 Å². The highest BCUT2D eigenvalue weighted by Gasteiger charge is 2.47. The van der Waals surface area contributed by atoms with Crippen molar-refractivity contribution in [2.24, 2.45) is 0 Å². The predicted octanol–water partition coefficient (Wildman–Crippen LogP) is 0.209. The van der Waals surface area contributed by atoms with Gasteiger partial charge in [-0.1, -0.05) is 0 Å². The first kappa shape index (κ1) is 15.9. The maximum absolute atomic E-state index is 12.2. The lowest BCUT2D eigenvalue weighted by Crippen LogP contribution is -2.58. The lowest BCUT2D eigenvalue weighted by molar-refractivity contribution is -0.149. The molecule has 1 fully saturated rings. The van der Waals surface area contributed by atoms with Crippen molar-refractivity contribution in [3.8, 4) is 0 Å². The van der Waals surface area contributed by atoms with Gasteiger partial charge >= 0.3 is 11.9 Å². The van der Waals surface area contributed by atoms with Crippen LogP contribution in [0.4, 0.5) is 0 Å². The minimum absolute atomic E-state index is 0.0878. The monoisotopic (exact) mass is 293 g/mol. The van der Waals surface area contributed by atoms with E-state index in [0.717, 1.165) is 4.31 Å². The van der Waals surface area contributed by atoms with Crippen molar-refractivity contribution in [1.82, 2.24) is 4.31 Å². The number of ether oxygens (including phenoxy) is 1. The summed E-state index contributed by atoms with van der Waals surface area (Å²) in [6.45, 7) is 3.15. The van der Waals surface area contributed by atoms with Crippen LogP contribution in [0.3, 0.4) is 0 Å². The summed E-state index contributed by atoms with van der Waals surface area (Å²) in [4.78, 5) is 22.6. The standard InChI is InChI=1S/C11H19NO6S/c1-3-18-9(13)8-19(16,17)12-7-5-4-6-11(12,2)10(14)15/h3-8H2,1-2H3,(H,14,15). The van der Waals surface area contributed by atoms with Crippen LogP contribution in [0.25, 0.3) is 0 Å². The smallest absolute Gasteiger partial charge is 0.324 e. The second kappa shape index (κ2) is 5.87. The maximum atomic E-state index is 12.2. The first-order valence-electron chi connectivity index (χ1n) is 6.13. The molecule has 1 aliphatic heterocycles. The highest BCUT2D eigenvalue weighted by molar-refractivity contribution is 7.89. The molecule has 1 aliphatic rings. The molecular formula is C11H19NO6S. The van der Waals surface area contributed by atoms with Crippen molar-refractivity contribution in [2.45, 2.75) is 38.6 Å². The number of nitrogens with zero attached hydrogens (tertiary/aromatic N) is 1. The van der Waals surface area contributed by atoms with Crippen molar-refractivity contribution < 1.29 is 27.9 Å². The van der Waals surface area contributed by atoms with E-state index in [-0.39, 0.29) is 19.6 Å². The second-order valence-electron chi connectivity index (χ2n) is 4.67. The van der Waals surface area contributed by atoms with Gasteiger partial charge < -0.3 is 9.84 Å². The number of carboxylic acids is 1. The third-order valence-corrected chi connectivity index (χ3v) is 5.08. The molecule has 0 aromatic heterocycles. The Balaban J connectivity index is 2.97. The number of sulfonamides is 1. The number of rotatable bonds is 5. The number of hydrogen-bond donors (Lipinski definition) is 1. The molecule has 1 atom stereocenters. The highest BCUT2D eigenvalue weighted by Crippen LogP contribution is 2.31. The summed E-state index contributed by atoms with van der Waals surface area (Å²) in [6, 6.07) is 0. The minimum atomic E-state index is -3.98. The van der Waals surface area contributed by atoms with Gasteiger partial charge in [0.1, 0.15) is 5.54 Å². The van der Waals surface area contributed by atoms with E-state index in [0.29, 0.717) is 12.8 Å². The van der Waals surface area contributed by atoms with E-state index in [1.54, 1.807) is 6.92 Å². The molecule has 0 aromatic rings. The molecule has 1 heterocycles. The third-order valence-electron chi connectivity index (χ3n) is 3.23. The first-order valence-corrected chi connectivity index (χ1v) is 7.74. The fraction of sp³-hybridized carbons (Fsp3) is 0.818. The summed E-state index contributed by atoms with van der Waals surface area (Å²) in [5, 5.41) is 9.25. The van der Waals surface area contributed by atoms with E-state index >= 15 is 0 Å². The quantitative estimate of drug-likeness (QED) is 0.727. The summed E-state index contributed by atoms with van der Waals surface area (Å²) in [5.41, 5.74) is -1.48. The average Bonchev–Trinajstić information content (AvgIpc) is 2.28. The Labute approximate surface area is 112 Å². The molecule has 1 saturated heterocycles. The van der Waals surface area contributed by atoms with Crippen LogP contribution in [0.2, 0.25) is 0 Å². The normalized spacial score (nSPS) is 24.9. The fourth-order valence-corrected chi connectivity index (χ4v) is 3.91. The van der Waals surface area contributed by atoms with Gasteiger partial charge in [0.15, 0.2) is 5.75 Å². The van der Waals surface area contributed by atoms with Gasteiger partial charge in [-0.25, -0.2) is 8.42 Å². The highest BCUT2D eigenvalue weighted by atomic mass is 32.2. The number of aliphatic carboxylic acids is 1. The number of carbonyl (C=O) groups excluding carboxylic acids is 1. The fourth-order valence-electron chi connectivity index (χ4n) is 2.19. The minimum Gasteiger partial charge on any atom is -0.480 e. The Morgan fingerprint density at radius 3 is 2.53 bits per heavy atom. The molecule has 1 N–H and O–H groups in total. The summed E-state index contributed by atoms with van der Waals surface area (Å²) in [6.07, 6.45) is 1.48. The van der Waals surface area contributed by atoms with Crippen molar-refractivity contribution >= 4 is 22.0 Å². The van der Waals surface area contributed by atoms with Crippen LogP contribution in [0.5, 0.6) is 0 Å². The number of piperidine rings is 1. The van der Waals surface area contributed by atoms with E-state index in [9.17, 15) is 23.1 Å². The Kier molecular flexibility index (Phi) is 4.92. The van der Waals surface area contributed by atoms with E-state index in [1.807, 2.05) is 0 Å². The van der Waals surface area contributed by atoms with Gasteiger partial charge in [-0.05, 0) is 33.1 Å². The van der Waals surface area contributed by atoms with E-state index in [4.69, 9.17) is 0 Å². The Bertz CT molecular complexity index is 460. The molecule has 1 rings (SSSR count). The molecule has 0 bridgehead atoms. The summed E-state index contributed by atoms with van der Waals surface area (Å²) in [7, 11) is -3.98. The molecule has 0 saturated carbocycles. The van der Waals surface area contributed by atoms with Gasteiger partial charge in [0, 0.05) is 6.54 Å². The summed E-state index contributed by atoms with van der Waals surface area (Å²) in [5.74, 6) is -2.87. The summed E-state index contributed by atoms with van der Waals surface area (Å²) >= 11 is 0. The maximum Gasteiger partial charge on any atom is 0.324 e. The molecule has 19 heavy (non-hydrogen) atoms. The topological polar surface area (TPSA) is 101 Å². The molecule has 0 aliphatic carbocycles. The van der Waals surface area contributed by atoms with Crippen LogP contribution < -0.4 is 0 Å². The van der Waals surface area contributed by atoms with E-state index < -0.39 is 33.3 Å². The summed E-state index contributed by atoms with van der Waals surface area (Å²) < 4.78 is 29.8. The Morgan fingerprint density at radius 2 is 2.00 bits per heavy atom. The zero-order valence-electron chi connectivity index (χ0n) is 11.1. The zero-order chi connectivity index (χ0) is 14.7. The third kappa shape index (κ3) is 3.44. The van der Waals surface area contributed by atoms with Crippen molar-refractivity contribution in [3.63, 3.8) is 0 Å². The number of carboxylic acid groups (broad SMARTS) is 1. The van der Waals surface area contributed by atoms with Crippen molar-refractivity contribution in [3.05, 3.63) is 0 Å². The molecule has 1 unspecified atom stereocenters. The molecule has 0 radical (unpaired) electrons. The van der Waals surface area contributed by atoms with Crippen LogP contribution in [0, 0.1) is 0 Å². The van der Waals surface area contributed by atoms with Crippen LogP contribution in [-0.2, 0) is 24.3 Å². The molecule has 0 aromatic carbocycles. The zero-order valence-corrected chi connectivity index (χ0v) is 11.9. The van der Waals surface area contributed by atoms with Gasteiger partial charge in [0.25, 0.3) is 0 Å². The molecule has 0 spiro atoms. The first-order chi connectivity index (χ1) is 8.74. The van der Waals surface area contributed by atoms with Gasteiger partial charge in [-0.15, -0.1) is 0 Å². The van der Waals surface area contributed by atoms with Crippen LogP contribution in [-0.4, -0.2) is 54.2 Å². The van der Waals surface area contributed by atoms with Crippen LogP contribution in [0.15, 0.2) is 0 Å². The lowest BCUT2D eigenvalue weighted by atomic mass is 9.91. The SMILES string of the molecule is CCOC(=O)CS(=O)(=O)N1CCCCC1(C)C(=O)O. The largest absolute Gasteiger partial charge is 0.480 e. The second-order valence-corrected chi connectivity index (χ2v) is 6.56. The average molecular weight is 293 g/mol. The Hall–Kier alpha value is -1.15. The molecule has 0 amide bonds. The molecule has 8 heteroatoms. The lowest BCUT2D eigenvalue weighted by Gasteiger charge is -2.40. The predicted molar refractivity (Wildman–Crippen MR) is 67.0 cm³/mol. The number of hydrogen-bond acceptors (Lipinski definition) is 5. The van der Waals surface area contributed by atoms with Gasteiger partial charge in [-0.3, -0.25) is 9.59 Å². The number of carbonyl (C=O) groups is 2. The van der Waals surface area contributed by atoms with Gasteiger partial charge in [0.05, 0.1) is 6.61 Å². The molecular weight excluding hydrogens is 274 g/mol. The van der Waals surface area contributed by atoms with Gasteiger partial charge in [0.2, 0.25) is 10.0 Å². The van der Waals surface area contributed by atoms with Crippen LogP contribution in [0.1, 0.15) is 33.1 Å². The molecule has 110 valence electrons. The number of esters is 1. The van der Waals surface area contributed by atoms with Crippen molar-refractivity contribution in [1.29, 1.82) is 0 Å².